The van der Waals surface area contributed by atoms with Gasteiger partial charge in [0.25, 0.3) is 0 Å². The van der Waals surface area contributed by atoms with Crippen LogP contribution in [0, 0.1) is 5.92 Å². The van der Waals surface area contributed by atoms with Crippen molar-refractivity contribution >= 4 is 17.3 Å². The number of fused-ring (bicyclic) bond motifs is 1. The number of nitrogens with one attached hydrogen (secondary N) is 2. The molecule has 7 heteroatoms. The average molecular weight is 392 g/mol. The summed E-state index contributed by atoms with van der Waals surface area (Å²) in [6.07, 6.45) is 4.53. The zero-order valence-corrected chi connectivity index (χ0v) is 17.2. The van der Waals surface area contributed by atoms with Gasteiger partial charge in [-0.3, -0.25) is 9.39 Å². The van der Waals surface area contributed by atoms with E-state index in [-0.39, 0.29) is 0 Å². The lowest BCUT2D eigenvalue weighted by Crippen LogP contribution is -2.36. The minimum absolute atomic E-state index is 0.553. The van der Waals surface area contributed by atoms with E-state index in [4.69, 9.17) is 0 Å². The molecular weight excluding hydrogens is 362 g/mol. The predicted octanol–water partition coefficient (Wildman–Crippen LogP) is 2.83. The van der Waals surface area contributed by atoms with Crippen LogP contribution in [0.4, 0.5) is 5.69 Å². The minimum Gasteiger partial charge on any atom is -0.372 e. The van der Waals surface area contributed by atoms with Crippen LogP contribution in [0.5, 0.6) is 0 Å². The molecule has 0 atom stereocenters. The number of pyridine rings is 1. The molecule has 152 valence electrons. The SMILES string of the molecule is CN=C(NCc1ccc(N2CCC(C)CC2)cc1)NCc1nnc2ccccn12. The number of hydrogen-bond donors (Lipinski definition) is 2. The predicted molar refractivity (Wildman–Crippen MR) is 117 cm³/mol. The zero-order chi connectivity index (χ0) is 20.1. The molecule has 7 nitrogen and oxygen atoms in total. The summed E-state index contributed by atoms with van der Waals surface area (Å²) in [5.74, 6) is 2.44. The van der Waals surface area contributed by atoms with Crippen LogP contribution in [-0.4, -0.2) is 40.7 Å². The molecule has 0 bridgehead atoms. The highest BCUT2D eigenvalue weighted by Gasteiger charge is 2.15. The maximum Gasteiger partial charge on any atom is 0.191 e. The molecule has 4 rings (SSSR count). The lowest BCUT2D eigenvalue weighted by Gasteiger charge is -2.32. The van der Waals surface area contributed by atoms with Gasteiger partial charge >= 0.3 is 0 Å². The Morgan fingerprint density at radius 2 is 1.79 bits per heavy atom. The van der Waals surface area contributed by atoms with Crippen LogP contribution in [0.3, 0.4) is 0 Å². The highest BCUT2D eigenvalue weighted by Crippen LogP contribution is 2.23. The van der Waals surface area contributed by atoms with Crippen LogP contribution in [0.15, 0.2) is 53.7 Å². The van der Waals surface area contributed by atoms with Gasteiger partial charge in [-0.25, -0.2) is 0 Å². The maximum absolute atomic E-state index is 4.31. The minimum atomic E-state index is 0.553. The molecule has 0 amide bonds. The van der Waals surface area contributed by atoms with Gasteiger partial charge < -0.3 is 15.5 Å². The first-order chi connectivity index (χ1) is 14.2. The van der Waals surface area contributed by atoms with E-state index in [9.17, 15) is 0 Å². The Labute approximate surface area is 171 Å². The van der Waals surface area contributed by atoms with Crippen molar-refractivity contribution < 1.29 is 0 Å². The first kappa shape index (κ1) is 19.2. The van der Waals surface area contributed by atoms with E-state index in [1.54, 1.807) is 7.05 Å². The fourth-order valence-electron chi connectivity index (χ4n) is 3.67. The van der Waals surface area contributed by atoms with E-state index >= 15 is 0 Å². The number of piperidine rings is 1. The molecule has 0 aliphatic carbocycles. The number of nitrogens with zero attached hydrogens (tertiary/aromatic N) is 5. The van der Waals surface area contributed by atoms with Crippen molar-refractivity contribution in [2.24, 2.45) is 10.9 Å². The summed E-state index contributed by atoms with van der Waals surface area (Å²) in [5, 5.41) is 15.1. The molecular formula is C22H29N7. The fourth-order valence-corrected chi connectivity index (χ4v) is 3.67. The van der Waals surface area contributed by atoms with Crippen molar-refractivity contribution in [3.05, 3.63) is 60.0 Å². The van der Waals surface area contributed by atoms with Crippen LogP contribution < -0.4 is 15.5 Å². The van der Waals surface area contributed by atoms with Gasteiger partial charge in [-0.15, -0.1) is 10.2 Å². The van der Waals surface area contributed by atoms with E-state index in [1.165, 1.54) is 24.1 Å². The topological polar surface area (TPSA) is 69.8 Å². The third-order valence-corrected chi connectivity index (χ3v) is 5.57. The Morgan fingerprint density at radius 1 is 1.03 bits per heavy atom. The molecule has 1 aromatic carbocycles. The number of aliphatic imine (C=N–C) groups is 1. The summed E-state index contributed by atoms with van der Waals surface area (Å²) < 4.78 is 1.97. The summed E-state index contributed by atoms with van der Waals surface area (Å²) in [5.41, 5.74) is 3.40. The van der Waals surface area contributed by atoms with Gasteiger partial charge in [0, 0.05) is 38.6 Å². The third-order valence-electron chi connectivity index (χ3n) is 5.57. The fraction of sp³-hybridized carbons (Fsp3) is 0.409. The van der Waals surface area contributed by atoms with E-state index in [0.29, 0.717) is 6.54 Å². The highest BCUT2D eigenvalue weighted by atomic mass is 15.3. The average Bonchev–Trinajstić information content (AvgIpc) is 3.18. The summed E-state index contributed by atoms with van der Waals surface area (Å²) in [7, 11) is 1.78. The van der Waals surface area contributed by atoms with E-state index in [0.717, 1.165) is 43.0 Å². The van der Waals surface area contributed by atoms with Gasteiger partial charge in [0.2, 0.25) is 0 Å². The van der Waals surface area contributed by atoms with Gasteiger partial charge in [0.05, 0.1) is 6.54 Å². The van der Waals surface area contributed by atoms with Crippen molar-refractivity contribution in [2.45, 2.75) is 32.9 Å². The number of benzene rings is 1. The molecule has 3 aromatic rings. The van der Waals surface area contributed by atoms with Gasteiger partial charge in [-0.05, 0) is 48.6 Å². The Balaban J connectivity index is 1.29. The molecule has 1 aliphatic heterocycles. The number of anilines is 1. The molecule has 2 N–H and O–H groups in total. The van der Waals surface area contributed by atoms with E-state index in [2.05, 4.69) is 61.9 Å². The summed E-state index contributed by atoms with van der Waals surface area (Å²) in [6.45, 7) is 5.94. The monoisotopic (exact) mass is 391 g/mol. The molecule has 1 aliphatic rings. The maximum atomic E-state index is 4.31. The first-order valence-corrected chi connectivity index (χ1v) is 10.3. The smallest absolute Gasteiger partial charge is 0.191 e. The third kappa shape index (κ3) is 4.67. The lowest BCUT2D eigenvalue weighted by atomic mass is 9.99. The Morgan fingerprint density at radius 3 is 2.55 bits per heavy atom. The van der Waals surface area contributed by atoms with Crippen molar-refractivity contribution in [2.75, 3.05) is 25.0 Å². The van der Waals surface area contributed by atoms with Crippen molar-refractivity contribution in [3.8, 4) is 0 Å². The molecule has 1 fully saturated rings. The standard InChI is InChI=1S/C22H29N7/c1-17-10-13-28(14-11-17)19-8-6-18(7-9-19)15-24-22(23-2)25-16-21-27-26-20-5-3-4-12-29(20)21/h3-9,12,17H,10-11,13-16H2,1-2H3,(H2,23,24,25). The molecule has 2 aromatic heterocycles. The molecule has 0 unspecified atom stereocenters. The highest BCUT2D eigenvalue weighted by molar-refractivity contribution is 5.79. The molecule has 0 spiro atoms. The second-order valence-electron chi connectivity index (χ2n) is 7.66. The van der Waals surface area contributed by atoms with Crippen molar-refractivity contribution in [1.82, 2.24) is 25.2 Å². The normalized spacial score (nSPS) is 15.7. The van der Waals surface area contributed by atoms with Crippen LogP contribution in [0.1, 0.15) is 31.2 Å². The Bertz CT molecular complexity index is 953. The Hall–Kier alpha value is -3.09. The zero-order valence-electron chi connectivity index (χ0n) is 17.2. The van der Waals surface area contributed by atoms with Crippen LogP contribution in [0.2, 0.25) is 0 Å². The van der Waals surface area contributed by atoms with E-state index in [1.807, 2.05) is 28.8 Å². The number of hydrogen-bond acceptors (Lipinski definition) is 4. The second kappa shape index (κ2) is 8.94. The van der Waals surface area contributed by atoms with Crippen LogP contribution in [0.25, 0.3) is 5.65 Å². The van der Waals surface area contributed by atoms with Gasteiger partial charge in [-0.2, -0.15) is 0 Å². The van der Waals surface area contributed by atoms with Crippen molar-refractivity contribution in [1.29, 1.82) is 0 Å². The van der Waals surface area contributed by atoms with Gasteiger partial charge in [0.1, 0.15) is 0 Å². The first-order valence-electron chi connectivity index (χ1n) is 10.3. The molecule has 1 saturated heterocycles. The molecule has 29 heavy (non-hydrogen) atoms. The largest absolute Gasteiger partial charge is 0.372 e. The number of guanidine groups is 1. The molecule has 0 saturated carbocycles. The van der Waals surface area contributed by atoms with Gasteiger partial charge in [0.15, 0.2) is 17.4 Å². The van der Waals surface area contributed by atoms with Crippen molar-refractivity contribution in [3.63, 3.8) is 0 Å². The summed E-state index contributed by atoms with van der Waals surface area (Å²) in [6, 6.07) is 14.7. The summed E-state index contributed by atoms with van der Waals surface area (Å²) in [4.78, 5) is 6.80. The van der Waals surface area contributed by atoms with Crippen LogP contribution >= 0.6 is 0 Å². The quantitative estimate of drug-likeness (QED) is 0.517. The Kier molecular flexibility index (Phi) is 5.93. The number of aromatic nitrogens is 3. The lowest BCUT2D eigenvalue weighted by molar-refractivity contribution is 0.438. The van der Waals surface area contributed by atoms with E-state index < -0.39 is 0 Å². The number of rotatable bonds is 5. The summed E-state index contributed by atoms with van der Waals surface area (Å²) >= 11 is 0. The van der Waals surface area contributed by atoms with Crippen LogP contribution in [-0.2, 0) is 13.1 Å². The second-order valence-corrected chi connectivity index (χ2v) is 7.66. The molecule has 3 heterocycles. The van der Waals surface area contributed by atoms with Gasteiger partial charge in [-0.1, -0.05) is 25.1 Å². The molecule has 0 radical (unpaired) electrons.